The molecule has 3 heteroatoms. The van der Waals surface area contributed by atoms with E-state index >= 15 is 0 Å². The predicted octanol–water partition coefficient (Wildman–Crippen LogP) is 3.69. The van der Waals surface area contributed by atoms with E-state index in [2.05, 4.69) is 0 Å². The van der Waals surface area contributed by atoms with E-state index in [0.717, 1.165) is 11.3 Å². The Morgan fingerprint density at radius 1 is 1.06 bits per heavy atom. The van der Waals surface area contributed by atoms with Gasteiger partial charge in [0.25, 0.3) is 0 Å². The molecule has 88 valence electrons. The summed E-state index contributed by atoms with van der Waals surface area (Å²) in [6.07, 6.45) is 2.04. The van der Waals surface area contributed by atoms with Crippen molar-refractivity contribution in [3.05, 3.63) is 54.1 Å². The fourth-order valence-electron chi connectivity index (χ4n) is 1.50. The highest BCUT2D eigenvalue weighted by molar-refractivity contribution is 7.98. The van der Waals surface area contributed by atoms with Crippen LogP contribution in [0.3, 0.4) is 0 Å². The van der Waals surface area contributed by atoms with E-state index in [1.807, 2.05) is 54.8 Å². The molecule has 2 aromatic carbocycles. The highest BCUT2D eigenvalue weighted by atomic mass is 32.2. The van der Waals surface area contributed by atoms with Crippen molar-refractivity contribution in [3.8, 4) is 11.5 Å². The molecule has 0 unspecified atom stereocenters. The van der Waals surface area contributed by atoms with Crippen molar-refractivity contribution in [1.82, 2.24) is 0 Å². The summed E-state index contributed by atoms with van der Waals surface area (Å²) in [5, 5.41) is 9.20. The molecule has 2 nitrogen and oxygen atoms in total. The van der Waals surface area contributed by atoms with E-state index in [0.29, 0.717) is 5.75 Å². The molecule has 0 radical (unpaired) electrons. The second kappa shape index (κ2) is 5.75. The average molecular weight is 246 g/mol. The standard InChI is InChI=1S/C14H14O2S/c1-17-13-8-6-12(7-9-13)16-14-5-3-2-4-11(14)10-15/h2-9,15H,10H2,1H3. The van der Waals surface area contributed by atoms with Gasteiger partial charge in [0.15, 0.2) is 0 Å². The summed E-state index contributed by atoms with van der Waals surface area (Å²) in [4.78, 5) is 1.20. The van der Waals surface area contributed by atoms with Crippen molar-refractivity contribution in [1.29, 1.82) is 0 Å². The van der Waals surface area contributed by atoms with Crippen molar-refractivity contribution < 1.29 is 9.84 Å². The van der Waals surface area contributed by atoms with E-state index in [-0.39, 0.29) is 6.61 Å². The topological polar surface area (TPSA) is 29.5 Å². The van der Waals surface area contributed by atoms with Crippen LogP contribution in [0.15, 0.2) is 53.4 Å². The van der Waals surface area contributed by atoms with Crippen LogP contribution in [0.1, 0.15) is 5.56 Å². The zero-order valence-electron chi connectivity index (χ0n) is 9.59. The first kappa shape index (κ1) is 12.0. The number of aliphatic hydroxyl groups excluding tert-OH is 1. The molecule has 17 heavy (non-hydrogen) atoms. The van der Waals surface area contributed by atoms with E-state index in [1.165, 1.54) is 4.90 Å². The van der Waals surface area contributed by atoms with Crippen LogP contribution in [0.5, 0.6) is 11.5 Å². The molecule has 0 fully saturated rings. The molecule has 0 saturated carbocycles. The van der Waals surface area contributed by atoms with Gasteiger partial charge in [-0.1, -0.05) is 18.2 Å². The first-order chi connectivity index (χ1) is 8.33. The smallest absolute Gasteiger partial charge is 0.132 e. The largest absolute Gasteiger partial charge is 0.457 e. The quantitative estimate of drug-likeness (QED) is 0.834. The highest BCUT2D eigenvalue weighted by Crippen LogP contribution is 2.26. The third kappa shape index (κ3) is 3.02. The van der Waals surface area contributed by atoms with Gasteiger partial charge in [-0.2, -0.15) is 0 Å². The zero-order chi connectivity index (χ0) is 12.1. The monoisotopic (exact) mass is 246 g/mol. The molecule has 0 bridgehead atoms. The van der Waals surface area contributed by atoms with Crippen LogP contribution in [0.25, 0.3) is 0 Å². The maximum Gasteiger partial charge on any atom is 0.132 e. The van der Waals surface area contributed by atoms with Gasteiger partial charge in [0.05, 0.1) is 6.61 Å². The molecule has 0 atom stereocenters. The lowest BCUT2D eigenvalue weighted by Crippen LogP contribution is -1.90. The molecular weight excluding hydrogens is 232 g/mol. The van der Waals surface area contributed by atoms with Crippen molar-refractivity contribution in [2.45, 2.75) is 11.5 Å². The van der Waals surface area contributed by atoms with Crippen LogP contribution in [0.4, 0.5) is 0 Å². The van der Waals surface area contributed by atoms with Crippen LogP contribution in [0.2, 0.25) is 0 Å². The number of rotatable bonds is 4. The fraction of sp³-hybridized carbons (Fsp3) is 0.143. The molecule has 0 aromatic heterocycles. The lowest BCUT2D eigenvalue weighted by atomic mass is 10.2. The number of aliphatic hydroxyl groups is 1. The van der Waals surface area contributed by atoms with Gasteiger partial charge in [0.1, 0.15) is 11.5 Å². The van der Waals surface area contributed by atoms with Crippen LogP contribution < -0.4 is 4.74 Å². The van der Waals surface area contributed by atoms with Crippen LogP contribution in [-0.2, 0) is 6.61 Å². The minimum absolute atomic E-state index is 0.0148. The van der Waals surface area contributed by atoms with Gasteiger partial charge in [-0.15, -0.1) is 11.8 Å². The molecule has 1 N–H and O–H groups in total. The molecule has 0 amide bonds. The Kier molecular flexibility index (Phi) is 4.07. The van der Waals surface area contributed by atoms with Crippen molar-refractivity contribution in [2.75, 3.05) is 6.26 Å². The molecule has 0 spiro atoms. The first-order valence-electron chi connectivity index (χ1n) is 5.34. The summed E-state index contributed by atoms with van der Waals surface area (Å²) in [6.45, 7) is -0.0148. The Balaban J connectivity index is 2.19. The molecule has 0 saturated heterocycles. The molecule has 0 aliphatic heterocycles. The summed E-state index contributed by atoms with van der Waals surface area (Å²) in [7, 11) is 0. The van der Waals surface area contributed by atoms with Crippen LogP contribution >= 0.6 is 11.8 Å². The number of hydrogen-bond acceptors (Lipinski definition) is 3. The Morgan fingerprint density at radius 2 is 1.76 bits per heavy atom. The number of ether oxygens (including phenoxy) is 1. The van der Waals surface area contributed by atoms with Crippen LogP contribution in [0, 0.1) is 0 Å². The SMILES string of the molecule is CSc1ccc(Oc2ccccc2CO)cc1. The van der Waals surface area contributed by atoms with Gasteiger partial charge in [0.2, 0.25) is 0 Å². The number of thioether (sulfide) groups is 1. The van der Waals surface area contributed by atoms with Gasteiger partial charge in [0, 0.05) is 10.5 Å². The number of hydrogen-bond donors (Lipinski definition) is 1. The van der Waals surface area contributed by atoms with Crippen LogP contribution in [-0.4, -0.2) is 11.4 Å². The first-order valence-corrected chi connectivity index (χ1v) is 6.56. The van der Waals surface area contributed by atoms with Crippen molar-refractivity contribution in [3.63, 3.8) is 0 Å². The maximum absolute atomic E-state index is 9.20. The van der Waals surface area contributed by atoms with Gasteiger partial charge in [-0.25, -0.2) is 0 Å². The number of benzene rings is 2. The Morgan fingerprint density at radius 3 is 2.41 bits per heavy atom. The average Bonchev–Trinajstić information content (AvgIpc) is 2.40. The molecule has 0 aliphatic rings. The third-order valence-corrected chi connectivity index (χ3v) is 3.17. The normalized spacial score (nSPS) is 10.2. The Bertz CT molecular complexity index is 480. The second-order valence-corrected chi connectivity index (χ2v) is 4.42. The molecule has 2 aromatic rings. The van der Waals surface area contributed by atoms with E-state index in [1.54, 1.807) is 11.8 Å². The Labute approximate surface area is 105 Å². The summed E-state index contributed by atoms with van der Waals surface area (Å²) in [6, 6.07) is 15.4. The van der Waals surface area contributed by atoms with E-state index in [4.69, 9.17) is 4.74 Å². The molecule has 2 rings (SSSR count). The molecular formula is C14H14O2S. The van der Waals surface area contributed by atoms with Gasteiger partial charge in [-0.05, 0) is 36.6 Å². The number of para-hydroxylation sites is 1. The van der Waals surface area contributed by atoms with Gasteiger partial charge in [-0.3, -0.25) is 0 Å². The van der Waals surface area contributed by atoms with E-state index in [9.17, 15) is 5.11 Å². The lowest BCUT2D eigenvalue weighted by Gasteiger charge is -2.09. The Hall–Kier alpha value is -1.45. The van der Waals surface area contributed by atoms with Gasteiger partial charge >= 0.3 is 0 Å². The molecule has 0 heterocycles. The van der Waals surface area contributed by atoms with E-state index < -0.39 is 0 Å². The highest BCUT2D eigenvalue weighted by Gasteiger charge is 2.02. The van der Waals surface area contributed by atoms with Crippen molar-refractivity contribution >= 4 is 11.8 Å². The second-order valence-electron chi connectivity index (χ2n) is 3.54. The maximum atomic E-state index is 9.20. The summed E-state index contributed by atoms with van der Waals surface area (Å²) < 4.78 is 5.73. The summed E-state index contributed by atoms with van der Waals surface area (Å²) >= 11 is 1.70. The summed E-state index contributed by atoms with van der Waals surface area (Å²) in [5.41, 5.74) is 0.793. The summed E-state index contributed by atoms with van der Waals surface area (Å²) in [5.74, 6) is 1.48. The lowest BCUT2D eigenvalue weighted by molar-refractivity contribution is 0.276. The predicted molar refractivity (Wildman–Crippen MR) is 70.7 cm³/mol. The molecule has 0 aliphatic carbocycles. The third-order valence-electron chi connectivity index (χ3n) is 2.43. The zero-order valence-corrected chi connectivity index (χ0v) is 10.4. The minimum Gasteiger partial charge on any atom is -0.457 e. The van der Waals surface area contributed by atoms with Gasteiger partial charge < -0.3 is 9.84 Å². The minimum atomic E-state index is -0.0148. The fourth-order valence-corrected chi connectivity index (χ4v) is 1.91. The van der Waals surface area contributed by atoms with Crippen molar-refractivity contribution in [2.24, 2.45) is 0 Å².